The van der Waals surface area contributed by atoms with Crippen LogP contribution in [0, 0.1) is 5.82 Å². The number of amides is 2. The van der Waals surface area contributed by atoms with Crippen molar-refractivity contribution in [3.05, 3.63) is 41.8 Å². The van der Waals surface area contributed by atoms with Crippen molar-refractivity contribution in [3.8, 4) is 0 Å². The van der Waals surface area contributed by atoms with Crippen molar-refractivity contribution in [3.63, 3.8) is 0 Å². The van der Waals surface area contributed by atoms with Crippen molar-refractivity contribution >= 4 is 17.5 Å². The third-order valence-electron chi connectivity index (χ3n) is 3.84. The van der Waals surface area contributed by atoms with Gasteiger partial charge in [0.05, 0.1) is 6.54 Å². The Hall–Kier alpha value is -2.77. The predicted molar refractivity (Wildman–Crippen MR) is 98.6 cm³/mol. The van der Waals surface area contributed by atoms with E-state index in [9.17, 15) is 14.0 Å². The minimum Gasteiger partial charge on any atom is -0.339 e. The van der Waals surface area contributed by atoms with E-state index in [1.54, 1.807) is 13.1 Å². The van der Waals surface area contributed by atoms with Gasteiger partial charge >= 0.3 is 0 Å². The average Bonchev–Trinajstić information content (AvgIpc) is 3.03. The van der Waals surface area contributed by atoms with E-state index in [4.69, 9.17) is 4.52 Å². The van der Waals surface area contributed by atoms with E-state index in [1.165, 1.54) is 23.1 Å². The second-order valence-electron chi connectivity index (χ2n) is 7.42. The quantitative estimate of drug-likeness (QED) is 0.803. The Morgan fingerprint density at radius 2 is 2.04 bits per heavy atom. The Morgan fingerprint density at radius 1 is 1.30 bits per heavy atom. The lowest BCUT2D eigenvalue weighted by atomic mass is 9.96. The first-order valence-corrected chi connectivity index (χ1v) is 8.77. The van der Waals surface area contributed by atoms with Crippen molar-refractivity contribution in [2.45, 2.75) is 45.4 Å². The average molecular weight is 376 g/mol. The van der Waals surface area contributed by atoms with Crippen LogP contribution in [0.25, 0.3) is 0 Å². The smallest absolute Gasteiger partial charge is 0.243 e. The lowest BCUT2D eigenvalue weighted by Crippen LogP contribution is -2.34. The summed E-state index contributed by atoms with van der Waals surface area (Å²) in [7, 11) is 1.55. The van der Waals surface area contributed by atoms with Crippen molar-refractivity contribution in [2.75, 3.05) is 18.9 Å². The van der Waals surface area contributed by atoms with E-state index in [-0.39, 0.29) is 30.2 Å². The maximum absolute atomic E-state index is 13.1. The van der Waals surface area contributed by atoms with Crippen LogP contribution in [0.2, 0.25) is 0 Å². The van der Waals surface area contributed by atoms with E-state index in [2.05, 4.69) is 15.5 Å². The summed E-state index contributed by atoms with van der Waals surface area (Å²) in [4.78, 5) is 29.8. The minimum atomic E-state index is -0.437. The number of rotatable bonds is 7. The standard InChI is InChI=1S/C19H25FN4O3/c1-19(2,3)18-22-16(27-23-18)9-6-10-17(26)24(4)12-15(25)21-14-8-5-7-13(20)11-14/h5,7-8,11H,6,9-10,12H2,1-4H3,(H,21,25). The maximum Gasteiger partial charge on any atom is 0.243 e. The molecule has 27 heavy (non-hydrogen) atoms. The first kappa shape index (κ1) is 20.5. The number of hydrogen-bond donors (Lipinski definition) is 1. The SMILES string of the molecule is CN(CC(=O)Nc1cccc(F)c1)C(=O)CCCc1nc(C(C)(C)C)no1. The van der Waals surface area contributed by atoms with Crippen LogP contribution in [0.15, 0.2) is 28.8 Å². The second kappa shape index (κ2) is 8.75. The summed E-state index contributed by atoms with van der Waals surface area (Å²) < 4.78 is 18.3. The maximum atomic E-state index is 13.1. The zero-order valence-corrected chi connectivity index (χ0v) is 16.1. The van der Waals surface area contributed by atoms with Gasteiger partial charge in [-0.1, -0.05) is 32.0 Å². The number of hydrogen-bond acceptors (Lipinski definition) is 5. The largest absolute Gasteiger partial charge is 0.339 e. The molecule has 0 bridgehead atoms. The molecule has 0 fully saturated rings. The van der Waals surface area contributed by atoms with Crippen LogP contribution < -0.4 is 5.32 Å². The fourth-order valence-electron chi connectivity index (χ4n) is 2.31. The normalized spacial score (nSPS) is 11.3. The van der Waals surface area contributed by atoms with Gasteiger partial charge in [-0.15, -0.1) is 0 Å². The number of likely N-dealkylation sites (N-methyl/N-ethyl adjacent to an activating group) is 1. The van der Waals surface area contributed by atoms with E-state index in [0.717, 1.165) is 0 Å². The molecule has 0 saturated heterocycles. The molecule has 0 aliphatic rings. The Labute approximate surface area is 157 Å². The Bertz CT molecular complexity index is 798. The number of aromatic nitrogens is 2. The number of nitrogens with one attached hydrogen (secondary N) is 1. The van der Waals surface area contributed by atoms with E-state index >= 15 is 0 Å². The van der Waals surface area contributed by atoms with Crippen LogP contribution in [0.1, 0.15) is 45.3 Å². The van der Waals surface area contributed by atoms with Crippen molar-refractivity contribution in [2.24, 2.45) is 0 Å². The van der Waals surface area contributed by atoms with Crippen molar-refractivity contribution in [1.29, 1.82) is 0 Å². The highest BCUT2D eigenvalue weighted by molar-refractivity contribution is 5.94. The third-order valence-corrected chi connectivity index (χ3v) is 3.84. The summed E-state index contributed by atoms with van der Waals surface area (Å²) in [6.45, 7) is 5.88. The predicted octanol–water partition coefficient (Wildman–Crippen LogP) is 2.93. The fourth-order valence-corrected chi connectivity index (χ4v) is 2.31. The Morgan fingerprint density at radius 3 is 2.67 bits per heavy atom. The summed E-state index contributed by atoms with van der Waals surface area (Å²) >= 11 is 0. The minimum absolute atomic E-state index is 0.107. The highest BCUT2D eigenvalue weighted by Gasteiger charge is 2.21. The summed E-state index contributed by atoms with van der Waals surface area (Å²) in [5.41, 5.74) is 0.166. The molecule has 1 aromatic heterocycles. The van der Waals surface area contributed by atoms with Gasteiger partial charge in [-0.25, -0.2) is 4.39 Å². The molecule has 2 rings (SSSR count). The van der Waals surface area contributed by atoms with Crippen LogP contribution in [-0.2, 0) is 21.4 Å². The van der Waals surface area contributed by atoms with Crippen LogP contribution in [-0.4, -0.2) is 40.4 Å². The van der Waals surface area contributed by atoms with E-state index < -0.39 is 5.82 Å². The number of nitrogens with zero attached hydrogens (tertiary/aromatic N) is 3. The molecule has 8 heteroatoms. The van der Waals surface area contributed by atoms with Gasteiger partial charge in [-0.3, -0.25) is 9.59 Å². The van der Waals surface area contributed by atoms with Gasteiger partial charge in [0.1, 0.15) is 5.82 Å². The molecule has 1 N–H and O–H groups in total. The first-order valence-electron chi connectivity index (χ1n) is 8.77. The zero-order chi connectivity index (χ0) is 20.0. The molecule has 2 amide bonds. The van der Waals surface area contributed by atoms with Gasteiger partial charge in [0.2, 0.25) is 17.7 Å². The lowest BCUT2D eigenvalue weighted by Gasteiger charge is -2.16. The van der Waals surface area contributed by atoms with E-state index in [1.807, 2.05) is 20.8 Å². The number of anilines is 1. The van der Waals surface area contributed by atoms with Crippen LogP contribution >= 0.6 is 0 Å². The Kier molecular flexibility index (Phi) is 6.65. The molecule has 0 unspecified atom stereocenters. The summed E-state index contributed by atoms with van der Waals surface area (Å²) in [6, 6.07) is 5.59. The summed E-state index contributed by atoms with van der Waals surface area (Å²) in [5.74, 6) is 0.144. The monoisotopic (exact) mass is 376 g/mol. The molecule has 0 spiro atoms. The van der Waals surface area contributed by atoms with Crippen LogP contribution in [0.5, 0.6) is 0 Å². The Balaban J connectivity index is 1.75. The van der Waals surface area contributed by atoms with Gasteiger partial charge in [-0.05, 0) is 24.6 Å². The molecular formula is C19H25FN4O3. The molecule has 0 aliphatic carbocycles. The molecule has 0 aliphatic heterocycles. The highest BCUT2D eigenvalue weighted by atomic mass is 19.1. The van der Waals surface area contributed by atoms with Gasteiger partial charge in [-0.2, -0.15) is 4.98 Å². The van der Waals surface area contributed by atoms with Gasteiger partial charge in [0.25, 0.3) is 0 Å². The van der Waals surface area contributed by atoms with Crippen LogP contribution in [0.4, 0.5) is 10.1 Å². The molecule has 0 atom stereocenters. The van der Waals surface area contributed by atoms with Gasteiger partial charge in [0.15, 0.2) is 5.82 Å². The molecule has 2 aromatic rings. The number of carbonyl (C=O) groups is 2. The molecular weight excluding hydrogens is 351 g/mol. The topological polar surface area (TPSA) is 88.3 Å². The van der Waals surface area contributed by atoms with Crippen molar-refractivity contribution < 1.29 is 18.5 Å². The molecule has 1 heterocycles. The molecule has 0 radical (unpaired) electrons. The molecule has 7 nitrogen and oxygen atoms in total. The van der Waals surface area contributed by atoms with E-state index in [0.29, 0.717) is 30.2 Å². The summed E-state index contributed by atoms with van der Waals surface area (Å²) in [6.07, 6.45) is 1.30. The summed E-state index contributed by atoms with van der Waals surface area (Å²) in [5, 5.41) is 6.51. The fraction of sp³-hybridized carbons (Fsp3) is 0.474. The second-order valence-corrected chi connectivity index (χ2v) is 7.42. The number of aryl methyl sites for hydroxylation is 1. The molecule has 1 aromatic carbocycles. The lowest BCUT2D eigenvalue weighted by molar-refractivity contribution is -0.133. The van der Waals surface area contributed by atoms with Gasteiger partial charge < -0.3 is 14.7 Å². The molecule has 146 valence electrons. The van der Waals surface area contributed by atoms with Crippen molar-refractivity contribution in [1.82, 2.24) is 15.0 Å². The zero-order valence-electron chi connectivity index (χ0n) is 16.1. The number of carbonyl (C=O) groups excluding carboxylic acids is 2. The number of benzene rings is 1. The number of halogens is 1. The molecule has 0 saturated carbocycles. The van der Waals surface area contributed by atoms with Crippen LogP contribution in [0.3, 0.4) is 0 Å². The van der Waals surface area contributed by atoms with Gasteiger partial charge in [0, 0.05) is 31.0 Å². The third kappa shape index (κ3) is 6.47. The highest BCUT2D eigenvalue weighted by Crippen LogP contribution is 2.19. The first-order chi connectivity index (χ1) is 12.6.